The molecule has 1 fully saturated rings. The normalized spacial score (nSPS) is 21.9. The van der Waals surface area contributed by atoms with E-state index in [2.05, 4.69) is 10.6 Å². The van der Waals surface area contributed by atoms with Crippen LogP contribution in [0.2, 0.25) is 0 Å². The van der Waals surface area contributed by atoms with E-state index in [1.807, 2.05) is 0 Å². The molecular formula is C25H32F6N4O4. The lowest BCUT2D eigenvalue weighted by Crippen LogP contribution is -2.63. The van der Waals surface area contributed by atoms with Crippen LogP contribution in [-0.4, -0.2) is 72.7 Å². The molecule has 2 heterocycles. The topological polar surface area (TPSA) is 91.0 Å². The zero-order valence-corrected chi connectivity index (χ0v) is 22.1. The Kier molecular flexibility index (Phi) is 8.78. The Morgan fingerprint density at radius 1 is 1.23 bits per heavy atom. The fourth-order valence-corrected chi connectivity index (χ4v) is 4.77. The van der Waals surface area contributed by atoms with E-state index in [0.29, 0.717) is 43.8 Å². The summed E-state index contributed by atoms with van der Waals surface area (Å²) in [6, 6.07) is 0.206. The van der Waals surface area contributed by atoms with Crippen LogP contribution >= 0.6 is 0 Å². The van der Waals surface area contributed by atoms with Gasteiger partial charge in [0, 0.05) is 38.1 Å². The number of hydrogen-bond acceptors (Lipinski definition) is 5. The van der Waals surface area contributed by atoms with E-state index in [4.69, 9.17) is 4.74 Å². The van der Waals surface area contributed by atoms with Crippen molar-refractivity contribution in [3.8, 4) is 5.75 Å². The van der Waals surface area contributed by atoms with Crippen molar-refractivity contribution in [2.24, 2.45) is 0 Å². The Hall–Kier alpha value is -3.03. The van der Waals surface area contributed by atoms with Gasteiger partial charge in [0.15, 0.2) is 0 Å². The van der Waals surface area contributed by atoms with Gasteiger partial charge < -0.3 is 25.2 Å². The number of anilines is 1. The number of fused-ring (bicyclic) bond motifs is 1. The Morgan fingerprint density at radius 2 is 1.90 bits per heavy atom. The summed E-state index contributed by atoms with van der Waals surface area (Å²) < 4.78 is 89.5. The number of amides is 3. The Bertz CT molecular complexity index is 1100. The fraction of sp³-hybridized carbons (Fsp3) is 0.640. The Labute approximate surface area is 222 Å². The number of rotatable bonds is 7. The molecular weight excluding hydrogens is 534 g/mol. The smallest absolute Gasteiger partial charge is 0.437 e. The minimum atomic E-state index is -5.28. The van der Waals surface area contributed by atoms with E-state index < -0.39 is 76.9 Å². The van der Waals surface area contributed by atoms with Gasteiger partial charge in [-0.2, -0.15) is 26.3 Å². The molecule has 1 aromatic rings. The SMILES string of the molecule is CCC(=O)NCCN1C(=O)C(C)(C(F)(F)F)Oc2cc(C(F)(F)F)c(C(=O)N(C(C)C)[C@@H]3CCCNC3)cc21. The first-order valence-corrected chi connectivity index (χ1v) is 12.7. The molecule has 14 heteroatoms. The minimum Gasteiger partial charge on any atom is -0.466 e. The molecule has 2 aliphatic heterocycles. The second kappa shape index (κ2) is 11.2. The molecule has 39 heavy (non-hydrogen) atoms. The molecule has 0 aliphatic carbocycles. The second-order valence-corrected chi connectivity index (χ2v) is 9.96. The first kappa shape index (κ1) is 30.5. The van der Waals surface area contributed by atoms with Crippen molar-refractivity contribution in [3.05, 3.63) is 23.3 Å². The summed E-state index contributed by atoms with van der Waals surface area (Å²) in [7, 11) is 0. The fourth-order valence-electron chi connectivity index (χ4n) is 4.77. The summed E-state index contributed by atoms with van der Waals surface area (Å²) in [4.78, 5) is 40.4. The zero-order chi connectivity index (χ0) is 29.3. The summed E-state index contributed by atoms with van der Waals surface area (Å²) in [5.74, 6) is -3.84. The van der Waals surface area contributed by atoms with Crippen LogP contribution in [0.3, 0.4) is 0 Å². The van der Waals surface area contributed by atoms with Crippen LogP contribution in [0.15, 0.2) is 12.1 Å². The van der Waals surface area contributed by atoms with E-state index in [-0.39, 0.29) is 13.0 Å². The summed E-state index contributed by atoms with van der Waals surface area (Å²) in [6.07, 6.45) is -9.07. The number of hydrogen-bond donors (Lipinski definition) is 2. The maximum atomic E-state index is 14.2. The maximum absolute atomic E-state index is 14.2. The van der Waals surface area contributed by atoms with Crippen molar-refractivity contribution < 1.29 is 45.5 Å². The van der Waals surface area contributed by atoms with Gasteiger partial charge in [0.05, 0.1) is 16.8 Å². The number of carbonyl (C=O) groups excluding carboxylic acids is 3. The lowest BCUT2D eigenvalue weighted by atomic mass is 9.96. The van der Waals surface area contributed by atoms with E-state index in [1.54, 1.807) is 20.8 Å². The van der Waals surface area contributed by atoms with Gasteiger partial charge in [0.25, 0.3) is 17.4 Å². The number of ether oxygens (including phenoxy) is 1. The average Bonchev–Trinajstić information content (AvgIpc) is 2.84. The third-order valence-corrected chi connectivity index (χ3v) is 6.87. The number of halogens is 6. The van der Waals surface area contributed by atoms with Crippen molar-refractivity contribution in [2.75, 3.05) is 31.1 Å². The molecule has 1 aromatic carbocycles. The van der Waals surface area contributed by atoms with Crippen molar-refractivity contribution >= 4 is 23.4 Å². The molecule has 8 nitrogen and oxygen atoms in total. The number of carbonyl (C=O) groups is 3. The van der Waals surface area contributed by atoms with Gasteiger partial charge in [-0.1, -0.05) is 6.92 Å². The quantitative estimate of drug-likeness (QED) is 0.489. The molecule has 2 aliphatic rings. The molecule has 0 saturated carbocycles. The summed E-state index contributed by atoms with van der Waals surface area (Å²) in [5.41, 5.74) is -6.19. The average molecular weight is 567 g/mol. The summed E-state index contributed by atoms with van der Waals surface area (Å²) in [6.45, 7) is 5.58. The van der Waals surface area contributed by atoms with Gasteiger partial charge in [0.2, 0.25) is 5.91 Å². The molecule has 1 unspecified atom stereocenters. The Morgan fingerprint density at radius 3 is 2.41 bits per heavy atom. The lowest BCUT2D eigenvalue weighted by Gasteiger charge is -2.42. The predicted molar refractivity (Wildman–Crippen MR) is 129 cm³/mol. The molecule has 1 saturated heterocycles. The molecule has 0 aromatic heterocycles. The van der Waals surface area contributed by atoms with Crippen molar-refractivity contribution in [2.45, 2.75) is 77.0 Å². The van der Waals surface area contributed by atoms with Crippen LogP contribution in [0, 0.1) is 0 Å². The third kappa shape index (κ3) is 6.10. The highest BCUT2D eigenvalue weighted by atomic mass is 19.4. The molecule has 0 radical (unpaired) electrons. The highest BCUT2D eigenvalue weighted by molar-refractivity contribution is 6.05. The first-order valence-electron chi connectivity index (χ1n) is 12.7. The lowest BCUT2D eigenvalue weighted by molar-refractivity contribution is -0.236. The van der Waals surface area contributed by atoms with E-state index in [0.717, 1.165) is 6.07 Å². The zero-order valence-electron chi connectivity index (χ0n) is 22.1. The summed E-state index contributed by atoms with van der Waals surface area (Å²) in [5, 5.41) is 5.54. The molecule has 2 N–H and O–H groups in total. The minimum absolute atomic E-state index is 0.0720. The van der Waals surface area contributed by atoms with Crippen LogP contribution in [0.25, 0.3) is 0 Å². The first-order chi connectivity index (χ1) is 18.0. The third-order valence-electron chi connectivity index (χ3n) is 6.87. The maximum Gasteiger partial charge on any atom is 0.437 e. The highest BCUT2D eigenvalue weighted by Gasteiger charge is 2.63. The molecule has 0 spiro atoms. The van der Waals surface area contributed by atoms with E-state index in [9.17, 15) is 40.7 Å². The molecule has 218 valence electrons. The molecule has 2 atom stereocenters. The monoisotopic (exact) mass is 566 g/mol. The number of benzene rings is 1. The van der Waals surface area contributed by atoms with Crippen LogP contribution in [0.5, 0.6) is 5.75 Å². The predicted octanol–water partition coefficient (Wildman–Crippen LogP) is 3.88. The number of nitrogens with zero attached hydrogens (tertiary/aromatic N) is 2. The Balaban J connectivity index is 2.18. The van der Waals surface area contributed by atoms with Crippen molar-refractivity contribution in [3.63, 3.8) is 0 Å². The van der Waals surface area contributed by atoms with E-state index in [1.165, 1.54) is 4.90 Å². The van der Waals surface area contributed by atoms with Gasteiger partial charge in [0.1, 0.15) is 5.75 Å². The molecule has 0 bridgehead atoms. The van der Waals surface area contributed by atoms with Gasteiger partial charge in [-0.05, 0) is 52.3 Å². The largest absolute Gasteiger partial charge is 0.466 e. The number of alkyl halides is 6. The molecule has 3 amide bonds. The van der Waals surface area contributed by atoms with Gasteiger partial charge in [-0.15, -0.1) is 0 Å². The molecule has 3 rings (SSSR count). The van der Waals surface area contributed by atoms with Gasteiger partial charge >= 0.3 is 12.4 Å². The van der Waals surface area contributed by atoms with Crippen LogP contribution in [0.4, 0.5) is 32.0 Å². The van der Waals surface area contributed by atoms with Gasteiger partial charge in [-0.3, -0.25) is 14.4 Å². The second-order valence-electron chi connectivity index (χ2n) is 9.96. The van der Waals surface area contributed by atoms with Crippen molar-refractivity contribution in [1.29, 1.82) is 0 Å². The van der Waals surface area contributed by atoms with E-state index >= 15 is 0 Å². The standard InChI is InChI=1S/C25H32F6N4O4/c1-5-20(36)33-9-10-34-18-11-16(21(37)35(14(2)3)15-7-6-8-32-13-15)17(24(26,27)28)12-19(18)39-23(4,22(34)38)25(29,30)31/h11-12,14-15,32H,5-10,13H2,1-4H3,(H,33,36)/t15-,23?/m1/s1. The van der Waals surface area contributed by atoms with Gasteiger partial charge in [-0.25, -0.2) is 0 Å². The van der Waals surface area contributed by atoms with Crippen LogP contribution in [0.1, 0.15) is 62.9 Å². The van der Waals surface area contributed by atoms with Crippen molar-refractivity contribution in [1.82, 2.24) is 15.5 Å². The van der Waals surface area contributed by atoms with Crippen LogP contribution in [-0.2, 0) is 15.8 Å². The summed E-state index contributed by atoms with van der Waals surface area (Å²) >= 11 is 0. The number of piperidine rings is 1. The van der Waals surface area contributed by atoms with Crippen LogP contribution < -0.4 is 20.3 Å². The highest BCUT2D eigenvalue weighted by Crippen LogP contribution is 2.48. The number of nitrogens with one attached hydrogen (secondary N) is 2.